The monoisotopic (exact) mass is 251 g/mol. The molecular formula is C14H25N3O. The van der Waals surface area contributed by atoms with Gasteiger partial charge in [-0.15, -0.1) is 0 Å². The summed E-state index contributed by atoms with van der Waals surface area (Å²) in [4.78, 5) is 4.44. The van der Waals surface area contributed by atoms with Crippen LogP contribution in [0.4, 0.5) is 5.69 Å². The summed E-state index contributed by atoms with van der Waals surface area (Å²) in [6.45, 7) is 2.65. The molecule has 0 radical (unpaired) electrons. The third-order valence-electron chi connectivity index (χ3n) is 3.02. The lowest BCUT2D eigenvalue weighted by atomic mass is 10.1. The Morgan fingerprint density at radius 1 is 1.17 bits per heavy atom. The molecule has 0 amide bonds. The molecule has 0 aromatic heterocycles. The zero-order chi connectivity index (χ0) is 13.5. The Hall–Kier alpha value is -1.26. The molecule has 102 valence electrons. The van der Waals surface area contributed by atoms with Gasteiger partial charge in [-0.3, -0.25) is 0 Å². The average Bonchev–Trinajstić information content (AvgIpc) is 2.37. The van der Waals surface area contributed by atoms with Crippen LogP contribution in [-0.2, 0) is 6.54 Å². The van der Waals surface area contributed by atoms with Crippen LogP contribution in [0, 0.1) is 0 Å². The van der Waals surface area contributed by atoms with E-state index in [0.717, 1.165) is 36.5 Å². The van der Waals surface area contributed by atoms with Gasteiger partial charge in [-0.25, -0.2) is 0 Å². The van der Waals surface area contributed by atoms with E-state index in [0.29, 0.717) is 6.54 Å². The smallest absolute Gasteiger partial charge is 0.120 e. The van der Waals surface area contributed by atoms with Crippen molar-refractivity contribution >= 4 is 5.69 Å². The maximum Gasteiger partial charge on any atom is 0.120 e. The van der Waals surface area contributed by atoms with Gasteiger partial charge in [-0.05, 0) is 38.7 Å². The summed E-state index contributed by atoms with van der Waals surface area (Å²) in [5, 5.41) is 0. The van der Waals surface area contributed by atoms with Crippen LogP contribution in [0.25, 0.3) is 0 Å². The van der Waals surface area contributed by atoms with Crippen LogP contribution >= 0.6 is 0 Å². The summed E-state index contributed by atoms with van der Waals surface area (Å²) >= 11 is 0. The number of benzene rings is 1. The molecule has 2 N–H and O–H groups in total. The molecule has 0 saturated heterocycles. The van der Waals surface area contributed by atoms with Crippen LogP contribution in [0.2, 0.25) is 0 Å². The van der Waals surface area contributed by atoms with Crippen LogP contribution in [0.5, 0.6) is 5.75 Å². The van der Waals surface area contributed by atoms with E-state index in [1.807, 2.05) is 12.1 Å². The van der Waals surface area contributed by atoms with Gasteiger partial charge < -0.3 is 20.3 Å². The van der Waals surface area contributed by atoms with Crippen molar-refractivity contribution in [1.82, 2.24) is 4.90 Å². The van der Waals surface area contributed by atoms with Gasteiger partial charge in [0, 0.05) is 31.9 Å². The standard InChI is InChI=1S/C14H25N3O/c1-16(2)8-5-9-17(3)14-10-13(18-4)7-6-12(14)11-15/h6-7,10H,5,8-9,11,15H2,1-4H3. The zero-order valence-electron chi connectivity index (χ0n) is 11.9. The highest BCUT2D eigenvalue weighted by Gasteiger charge is 2.08. The lowest BCUT2D eigenvalue weighted by molar-refractivity contribution is 0.401. The minimum atomic E-state index is 0.553. The van der Waals surface area contributed by atoms with Gasteiger partial charge in [-0.1, -0.05) is 6.07 Å². The van der Waals surface area contributed by atoms with E-state index in [4.69, 9.17) is 10.5 Å². The van der Waals surface area contributed by atoms with Crippen molar-refractivity contribution < 1.29 is 4.74 Å². The molecule has 4 nitrogen and oxygen atoms in total. The van der Waals surface area contributed by atoms with Crippen LogP contribution < -0.4 is 15.4 Å². The van der Waals surface area contributed by atoms with Crippen LogP contribution in [0.15, 0.2) is 18.2 Å². The summed E-state index contributed by atoms with van der Waals surface area (Å²) in [6, 6.07) is 6.05. The summed E-state index contributed by atoms with van der Waals surface area (Å²) in [5.41, 5.74) is 8.10. The lowest BCUT2D eigenvalue weighted by Crippen LogP contribution is -2.24. The predicted octanol–water partition coefficient (Wildman–Crippen LogP) is 1.54. The van der Waals surface area contributed by atoms with Gasteiger partial charge in [0.2, 0.25) is 0 Å². The third kappa shape index (κ3) is 4.20. The fourth-order valence-corrected chi connectivity index (χ4v) is 1.94. The molecule has 0 aliphatic carbocycles. The first-order valence-electron chi connectivity index (χ1n) is 6.31. The molecule has 0 bridgehead atoms. The molecule has 0 atom stereocenters. The molecule has 18 heavy (non-hydrogen) atoms. The highest BCUT2D eigenvalue weighted by molar-refractivity contribution is 5.56. The van der Waals surface area contributed by atoms with Crippen molar-refractivity contribution in [3.8, 4) is 5.75 Å². The normalized spacial score (nSPS) is 10.8. The summed E-state index contributed by atoms with van der Waals surface area (Å²) < 4.78 is 5.27. The van der Waals surface area contributed by atoms with Crippen LogP contribution in [0.1, 0.15) is 12.0 Å². The fraction of sp³-hybridized carbons (Fsp3) is 0.571. The predicted molar refractivity (Wildman–Crippen MR) is 77.3 cm³/mol. The molecule has 0 spiro atoms. The number of nitrogens with two attached hydrogens (primary N) is 1. The molecule has 1 rings (SSSR count). The van der Waals surface area contributed by atoms with Crippen molar-refractivity contribution in [2.75, 3.05) is 46.2 Å². The highest BCUT2D eigenvalue weighted by Crippen LogP contribution is 2.25. The zero-order valence-corrected chi connectivity index (χ0v) is 11.9. The summed E-state index contributed by atoms with van der Waals surface area (Å²) in [7, 11) is 7.98. The van der Waals surface area contributed by atoms with E-state index in [2.05, 4.69) is 37.0 Å². The van der Waals surface area contributed by atoms with Gasteiger partial charge in [-0.2, -0.15) is 0 Å². The van der Waals surface area contributed by atoms with E-state index in [9.17, 15) is 0 Å². The third-order valence-corrected chi connectivity index (χ3v) is 3.02. The first-order valence-corrected chi connectivity index (χ1v) is 6.31. The minimum Gasteiger partial charge on any atom is -0.497 e. The molecule has 4 heteroatoms. The SMILES string of the molecule is COc1ccc(CN)c(N(C)CCCN(C)C)c1. The Morgan fingerprint density at radius 2 is 1.89 bits per heavy atom. The molecule has 1 aromatic rings. The van der Waals surface area contributed by atoms with Crippen LogP contribution in [-0.4, -0.2) is 46.2 Å². The average molecular weight is 251 g/mol. The van der Waals surface area contributed by atoms with Gasteiger partial charge in [0.1, 0.15) is 5.75 Å². The maximum absolute atomic E-state index is 5.78. The Bertz CT molecular complexity index is 366. The van der Waals surface area contributed by atoms with Crippen molar-refractivity contribution in [3.05, 3.63) is 23.8 Å². The van der Waals surface area contributed by atoms with Crippen molar-refractivity contribution in [1.29, 1.82) is 0 Å². The number of rotatable bonds is 7. The lowest BCUT2D eigenvalue weighted by Gasteiger charge is -2.23. The molecule has 0 saturated carbocycles. The number of nitrogens with zero attached hydrogens (tertiary/aromatic N) is 2. The van der Waals surface area contributed by atoms with E-state index in [1.54, 1.807) is 7.11 Å². The molecule has 0 fully saturated rings. The molecule has 0 aliphatic heterocycles. The Morgan fingerprint density at radius 3 is 2.44 bits per heavy atom. The van der Waals surface area contributed by atoms with Crippen molar-refractivity contribution in [3.63, 3.8) is 0 Å². The van der Waals surface area contributed by atoms with E-state index < -0.39 is 0 Å². The quantitative estimate of drug-likeness (QED) is 0.798. The van der Waals surface area contributed by atoms with Crippen molar-refractivity contribution in [2.45, 2.75) is 13.0 Å². The van der Waals surface area contributed by atoms with Crippen molar-refractivity contribution in [2.24, 2.45) is 5.73 Å². The Balaban J connectivity index is 2.72. The van der Waals surface area contributed by atoms with Gasteiger partial charge in [0.15, 0.2) is 0 Å². The first kappa shape index (κ1) is 14.8. The molecule has 0 aliphatic rings. The highest BCUT2D eigenvalue weighted by atomic mass is 16.5. The van der Waals surface area contributed by atoms with E-state index in [-0.39, 0.29) is 0 Å². The first-order chi connectivity index (χ1) is 8.58. The van der Waals surface area contributed by atoms with E-state index in [1.165, 1.54) is 0 Å². The van der Waals surface area contributed by atoms with Gasteiger partial charge in [0.25, 0.3) is 0 Å². The topological polar surface area (TPSA) is 41.7 Å². The number of anilines is 1. The second-order valence-corrected chi connectivity index (χ2v) is 4.78. The number of ether oxygens (including phenoxy) is 1. The number of hydrogen-bond acceptors (Lipinski definition) is 4. The Kier molecular flexibility index (Phi) is 5.95. The second-order valence-electron chi connectivity index (χ2n) is 4.78. The van der Waals surface area contributed by atoms with Gasteiger partial charge in [0.05, 0.1) is 7.11 Å². The Labute approximate surface area is 110 Å². The largest absolute Gasteiger partial charge is 0.497 e. The fourth-order valence-electron chi connectivity index (χ4n) is 1.94. The van der Waals surface area contributed by atoms with Gasteiger partial charge >= 0.3 is 0 Å². The van der Waals surface area contributed by atoms with E-state index >= 15 is 0 Å². The number of hydrogen-bond donors (Lipinski definition) is 1. The molecule has 0 heterocycles. The molecular weight excluding hydrogens is 226 g/mol. The molecule has 0 unspecified atom stereocenters. The minimum absolute atomic E-state index is 0.553. The molecule has 1 aromatic carbocycles. The summed E-state index contributed by atoms with van der Waals surface area (Å²) in [6.07, 6.45) is 1.13. The summed E-state index contributed by atoms with van der Waals surface area (Å²) in [5.74, 6) is 0.877. The van der Waals surface area contributed by atoms with Crippen LogP contribution in [0.3, 0.4) is 0 Å². The number of methoxy groups -OCH3 is 1. The maximum atomic E-state index is 5.78. The second kappa shape index (κ2) is 7.24.